The normalized spacial score (nSPS) is 17.5. The molecule has 34 heavy (non-hydrogen) atoms. The number of fused-ring (bicyclic) bond motifs is 2. The third-order valence-corrected chi connectivity index (χ3v) is 8.30. The van der Waals surface area contributed by atoms with Crippen molar-refractivity contribution < 1.29 is 19.1 Å². The van der Waals surface area contributed by atoms with E-state index in [9.17, 15) is 9.59 Å². The van der Waals surface area contributed by atoms with E-state index in [4.69, 9.17) is 9.47 Å². The number of nitrogens with zero attached hydrogens (tertiary/aromatic N) is 2. The Morgan fingerprint density at radius 3 is 2.59 bits per heavy atom. The second-order valence-electron chi connectivity index (χ2n) is 9.11. The molecule has 2 amide bonds. The van der Waals surface area contributed by atoms with Crippen LogP contribution in [0.3, 0.4) is 0 Å². The zero-order valence-electron chi connectivity index (χ0n) is 18.9. The van der Waals surface area contributed by atoms with Crippen molar-refractivity contribution in [3.8, 4) is 16.5 Å². The zero-order valence-corrected chi connectivity index (χ0v) is 19.7. The second-order valence-corrected chi connectivity index (χ2v) is 10.2. The summed E-state index contributed by atoms with van der Waals surface area (Å²) in [5, 5.41) is 4.03. The van der Waals surface area contributed by atoms with E-state index in [2.05, 4.69) is 9.88 Å². The van der Waals surface area contributed by atoms with Gasteiger partial charge >= 0.3 is 0 Å². The van der Waals surface area contributed by atoms with E-state index in [1.807, 2.05) is 41.6 Å². The lowest BCUT2D eigenvalue weighted by Gasteiger charge is -2.32. The highest BCUT2D eigenvalue weighted by atomic mass is 32.1. The molecule has 2 aromatic heterocycles. The Kier molecular flexibility index (Phi) is 5.53. The number of rotatable bonds is 4. The van der Waals surface area contributed by atoms with Gasteiger partial charge in [-0.15, -0.1) is 11.3 Å². The summed E-state index contributed by atoms with van der Waals surface area (Å²) in [4.78, 5) is 29.9. The Morgan fingerprint density at radius 1 is 1.00 bits per heavy atom. The minimum Gasteiger partial charge on any atom is -0.454 e. The molecule has 4 heterocycles. The van der Waals surface area contributed by atoms with Crippen LogP contribution in [0.25, 0.3) is 5.00 Å². The zero-order chi connectivity index (χ0) is 23.1. The maximum Gasteiger partial charge on any atom is 0.257 e. The van der Waals surface area contributed by atoms with Crippen molar-refractivity contribution in [2.24, 2.45) is 5.92 Å². The van der Waals surface area contributed by atoms with Crippen LogP contribution in [-0.2, 0) is 17.6 Å². The van der Waals surface area contributed by atoms with Gasteiger partial charge in [-0.3, -0.25) is 9.59 Å². The van der Waals surface area contributed by atoms with Crippen LogP contribution in [0.5, 0.6) is 11.5 Å². The largest absolute Gasteiger partial charge is 0.454 e. The van der Waals surface area contributed by atoms with Crippen molar-refractivity contribution in [2.45, 2.75) is 38.5 Å². The highest BCUT2D eigenvalue weighted by molar-refractivity contribution is 7.15. The molecule has 2 aliphatic heterocycles. The number of carbonyl (C=O) groups is 2. The number of carbonyl (C=O) groups excluding carboxylic acids is 2. The molecule has 3 aromatic rings. The maximum atomic E-state index is 13.7. The number of likely N-dealkylation sites (tertiary alicyclic amines) is 1. The fourth-order valence-electron chi connectivity index (χ4n) is 5.15. The Labute approximate surface area is 202 Å². The molecule has 0 unspecified atom stereocenters. The fraction of sp³-hybridized carbons (Fsp3) is 0.385. The summed E-state index contributed by atoms with van der Waals surface area (Å²) in [5.74, 6) is 1.33. The number of benzene rings is 1. The third-order valence-electron chi connectivity index (χ3n) is 7.00. The van der Waals surface area contributed by atoms with Gasteiger partial charge in [-0.2, -0.15) is 0 Å². The molecule has 0 bridgehead atoms. The summed E-state index contributed by atoms with van der Waals surface area (Å²) < 4.78 is 12.8. The lowest BCUT2D eigenvalue weighted by Crippen LogP contribution is -2.42. The molecule has 0 saturated carbocycles. The number of nitrogens with one attached hydrogen (secondary N) is 1. The topological polar surface area (TPSA) is 72.8 Å². The molecule has 1 aliphatic carbocycles. The van der Waals surface area contributed by atoms with Gasteiger partial charge in [0.05, 0.1) is 5.56 Å². The number of ether oxygens (including phenoxy) is 2. The quantitative estimate of drug-likeness (QED) is 0.594. The number of amides is 2. The van der Waals surface area contributed by atoms with Crippen molar-refractivity contribution in [2.75, 3.05) is 25.2 Å². The average Bonchev–Trinajstić information content (AvgIpc) is 3.62. The van der Waals surface area contributed by atoms with Crippen molar-refractivity contribution >= 4 is 28.8 Å². The van der Waals surface area contributed by atoms with E-state index in [1.165, 1.54) is 16.9 Å². The van der Waals surface area contributed by atoms with Crippen molar-refractivity contribution in [1.82, 2.24) is 9.47 Å². The molecular formula is C26H27N3O4S. The number of hydrogen-bond donors (Lipinski definition) is 1. The predicted molar refractivity (Wildman–Crippen MR) is 130 cm³/mol. The predicted octanol–water partition coefficient (Wildman–Crippen LogP) is 4.64. The van der Waals surface area contributed by atoms with E-state index < -0.39 is 0 Å². The molecule has 1 fully saturated rings. The van der Waals surface area contributed by atoms with Crippen molar-refractivity contribution in [3.63, 3.8) is 0 Å². The number of piperidine rings is 1. The molecule has 3 aliphatic rings. The first-order chi connectivity index (χ1) is 16.7. The van der Waals surface area contributed by atoms with Gasteiger partial charge in [-0.05, 0) is 68.4 Å². The third kappa shape index (κ3) is 3.86. The summed E-state index contributed by atoms with van der Waals surface area (Å²) in [7, 11) is 0. The molecule has 0 radical (unpaired) electrons. The first-order valence-corrected chi connectivity index (χ1v) is 12.8. The van der Waals surface area contributed by atoms with Gasteiger partial charge in [0.2, 0.25) is 12.7 Å². The molecule has 1 N–H and O–H groups in total. The Morgan fingerprint density at radius 2 is 1.76 bits per heavy atom. The number of aryl methyl sites for hydroxylation is 1. The summed E-state index contributed by atoms with van der Waals surface area (Å²) in [6.07, 6.45) is 9.71. The van der Waals surface area contributed by atoms with Gasteiger partial charge in [0.25, 0.3) is 5.91 Å². The Balaban J connectivity index is 1.14. The van der Waals surface area contributed by atoms with Crippen LogP contribution < -0.4 is 14.8 Å². The molecule has 176 valence electrons. The number of aromatic nitrogens is 1. The molecule has 8 heteroatoms. The standard InChI is InChI=1S/C26H27N3O4S/c30-24(27-18-7-8-20-21(15-18)33-16-32-20)17-9-13-28(14-10-17)25(31)23-19-5-1-2-6-22(19)34-26(23)29-11-3-4-12-29/h3-4,7-8,11-12,15,17H,1-2,5-6,9-10,13-14,16H2,(H,27,30). The summed E-state index contributed by atoms with van der Waals surface area (Å²) in [5.41, 5.74) is 2.82. The first kappa shape index (κ1) is 21.3. The number of hydrogen-bond acceptors (Lipinski definition) is 5. The van der Waals surface area contributed by atoms with Crippen LogP contribution in [0.4, 0.5) is 5.69 Å². The average molecular weight is 478 g/mol. The van der Waals surface area contributed by atoms with Crippen molar-refractivity contribution in [3.05, 3.63) is 58.7 Å². The van der Waals surface area contributed by atoms with Crippen LogP contribution in [0.1, 0.15) is 46.5 Å². The highest BCUT2D eigenvalue weighted by Crippen LogP contribution is 2.38. The highest BCUT2D eigenvalue weighted by Gasteiger charge is 2.33. The smallest absolute Gasteiger partial charge is 0.257 e. The fourth-order valence-corrected chi connectivity index (χ4v) is 6.49. The SMILES string of the molecule is O=C(Nc1ccc2c(c1)OCO2)C1CCN(C(=O)c2c(-n3cccc3)sc3c2CCCC3)CC1. The van der Waals surface area contributed by atoms with Crippen molar-refractivity contribution in [1.29, 1.82) is 0 Å². The van der Waals surface area contributed by atoms with Crippen LogP contribution in [-0.4, -0.2) is 41.2 Å². The minimum atomic E-state index is -0.116. The lowest BCUT2D eigenvalue weighted by molar-refractivity contribution is -0.121. The molecule has 6 rings (SSSR count). The molecule has 1 aromatic carbocycles. The van der Waals surface area contributed by atoms with Gasteiger partial charge in [0.15, 0.2) is 11.5 Å². The van der Waals surface area contributed by atoms with Gasteiger partial charge in [0.1, 0.15) is 5.00 Å². The Bertz CT molecular complexity index is 1230. The van der Waals surface area contributed by atoms with E-state index in [-0.39, 0.29) is 24.5 Å². The van der Waals surface area contributed by atoms with Crippen LogP contribution in [0.2, 0.25) is 0 Å². The Hall–Kier alpha value is -3.26. The van der Waals surface area contributed by atoms with Crippen LogP contribution in [0.15, 0.2) is 42.7 Å². The van der Waals surface area contributed by atoms with Crippen LogP contribution >= 0.6 is 11.3 Å². The summed E-state index contributed by atoms with van der Waals surface area (Å²) in [6, 6.07) is 9.42. The monoisotopic (exact) mass is 477 g/mol. The maximum absolute atomic E-state index is 13.7. The summed E-state index contributed by atoms with van der Waals surface area (Å²) >= 11 is 1.76. The van der Waals surface area contributed by atoms with Gasteiger partial charge < -0.3 is 24.3 Å². The van der Waals surface area contributed by atoms with E-state index in [1.54, 1.807) is 17.4 Å². The van der Waals surface area contributed by atoms with Gasteiger partial charge in [0, 0.05) is 48.0 Å². The van der Waals surface area contributed by atoms with E-state index >= 15 is 0 Å². The lowest BCUT2D eigenvalue weighted by atomic mass is 9.93. The van der Waals surface area contributed by atoms with Gasteiger partial charge in [-0.1, -0.05) is 0 Å². The molecule has 0 spiro atoms. The minimum absolute atomic E-state index is 0.00749. The van der Waals surface area contributed by atoms with E-state index in [0.29, 0.717) is 43.1 Å². The second kappa shape index (κ2) is 8.83. The van der Waals surface area contributed by atoms with Gasteiger partial charge in [-0.25, -0.2) is 0 Å². The molecule has 1 saturated heterocycles. The first-order valence-electron chi connectivity index (χ1n) is 11.9. The molecule has 7 nitrogen and oxygen atoms in total. The van der Waals surface area contributed by atoms with Crippen LogP contribution in [0, 0.1) is 5.92 Å². The molecular weight excluding hydrogens is 450 g/mol. The molecule has 0 atom stereocenters. The summed E-state index contributed by atoms with van der Waals surface area (Å²) in [6.45, 7) is 1.39. The van der Waals surface area contributed by atoms with E-state index in [0.717, 1.165) is 29.8 Å². The number of thiophene rings is 1. The number of anilines is 1.